The van der Waals surface area contributed by atoms with E-state index in [9.17, 15) is 0 Å². The van der Waals surface area contributed by atoms with Crippen LogP contribution in [0.5, 0.6) is 11.5 Å². The molecular weight excluding hydrogens is 230 g/mol. The van der Waals surface area contributed by atoms with Gasteiger partial charge in [-0.05, 0) is 24.6 Å². The van der Waals surface area contributed by atoms with Crippen LogP contribution in [0.15, 0.2) is 24.4 Å². The Morgan fingerprint density at radius 3 is 2.61 bits per heavy atom. The van der Waals surface area contributed by atoms with Gasteiger partial charge in [0.2, 0.25) is 5.95 Å². The lowest BCUT2D eigenvalue weighted by Gasteiger charge is -2.11. The first-order valence-corrected chi connectivity index (χ1v) is 5.47. The van der Waals surface area contributed by atoms with E-state index in [1.54, 1.807) is 20.4 Å². The maximum Gasteiger partial charge on any atom is 0.220 e. The molecule has 5 nitrogen and oxygen atoms in total. The predicted molar refractivity (Wildman–Crippen MR) is 69.7 cm³/mol. The van der Waals surface area contributed by atoms with E-state index in [0.717, 1.165) is 22.6 Å². The summed E-state index contributed by atoms with van der Waals surface area (Å²) in [6.07, 6.45) is 1.70. The molecule has 0 saturated carbocycles. The monoisotopic (exact) mass is 245 g/mol. The standard InChI is InChI=1S/C13H15N3O2/c1-8-7-15-13(14)16-12(8)10-5-4-9(17-2)6-11(10)18-3/h4-7H,1-3H3,(H2,14,15,16). The summed E-state index contributed by atoms with van der Waals surface area (Å²) >= 11 is 0. The first kappa shape index (κ1) is 12.2. The van der Waals surface area contributed by atoms with Crippen LogP contribution >= 0.6 is 0 Å². The Kier molecular flexibility index (Phi) is 3.32. The second-order valence-electron chi connectivity index (χ2n) is 3.83. The molecule has 0 amide bonds. The molecule has 0 spiro atoms. The highest BCUT2D eigenvalue weighted by molar-refractivity contribution is 5.71. The van der Waals surface area contributed by atoms with Crippen LogP contribution in [-0.4, -0.2) is 24.2 Å². The number of rotatable bonds is 3. The van der Waals surface area contributed by atoms with Crippen LogP contribution in [0.1, 0.15) is 5.56 Å². The van der Waals surface area contributed by atoms with E-state index in [4.69, 9.17) is 15.2 Å². The smallest absolute Gasteiger partial charge is 0.220 e. The van der Waals surface area contributed by atoms with E-state index in [-0.39, 0.29) is 5.95 Å². The van der Waals surface area contributed by atoms with E-state index < -0.39 is 0 Å². The molecule has 0 unspecified atom stereocenters. The van der Waals surface area contributed by atoms with Crippen LogP contribution < -0.4 is 15.2 Å². The highest BCUT2D eigenvalue weighted by Crippen LogP contribution is 2.33. The largest absolute Gasteiger partial charge is 0.497 e. The van der Waals surface area contributed by atoms with Crippen LogP contribution in [0, 0.1) is 6.92 Å². The van der Waals surface area contributed by atoms with Crippen molar-refractivity contribution in [2.24, 2.45) is 0 Å². The first-order chi connectivity index (χ1) is 8.65. The van der Waals surface area contributed by atoms with Crippen LogP contribution in [0.4, 0.5) is 5.95 Å². The van der Waals surface area contributed by atoms with Gasteiger partial charge < -0.3 is 15.2 Å². The van der Waals surface area contributed by atoms with E-state index in [1.165, 1.54) is 0 Å². The minimum atomic E-state index is 0.244. The molecule has 0 radical (unpaired) electrons. The molecule has 1 aromatic heterocycles. The van der Waals surface area contributed by atoms with Crippen LogP contribution in [0.3, 0.4) is 0 Å². The van der Waals surface area contributed by atoms with E-state index in [1.807, 2.05) is 25.1 Å². The zero-order chi connectivity index (χ0) is 13.1. The quantitative estimate of drug-likeness (QED) is 0.896. The number of aromatic nitrogens is 2. The maximum absolute atomic E-state index is 5.62. The number of ether oxygens (including phenoxy) is 2. The highest BCUT2D eigenvalue weighted by Gasteiger charge is 2.12. The van der Waals surface area contributed by atoms with Gasteiger partial charge in [0.25, 0.3) is 0 Å². The molecule has 0 aliphatic heterocycles. The average molecular weight is 245 g/mol. The molecule has 2 N–H and O–H groups in total. The number of nitrogen functional groups attached to an aromatic ring is 1. The van der Waals surface area contributed by atoms with Gasteiger partial charge in [0.15, 0.2) is 0 Å². The van der Waals surface area contributed by atoms with Crippen molar-refractivity contribution in [3.05, 3.63) is 30.0 Å². The van der Waals surface area contributed by atoms with Crippen molar-refractivity contribution in [2.45, 2.75) is 6.92 Å². The molecule has 2 aromatic rings. The van der Waals surface area contributed by atoms with Gasteiger partial charge in [-0.25, -0.2) is 9.97 Å². The minimum absolute atomic E-state index is 0.244. The third kappa shape index (κ3) is 2.20. The molecular formula is C13H15N3O2. The number of nitrogens with zero attached hydrogens (tertiary/aromatic N) is 2. The number of nitrogens with two attached hydrogens (primary N) is 1. The van der Waals surface area contributed by atoms with Crippen molar-refractivity contribution >= 4 is 5.95 Å². The Labute approximate surface area is 106 Å². The van der Waals surface area contributed by atoms with Gasteiger partial charge in [-0.2, -0.15) is 0 Å². The third-order valence-corrected chi connectivity index (χ3v) is 2.65. The van der Waals surface area contributed by atoms with Crippen LogP contribution in [0.2, 0.25) is 0 Å². The van der Waals surface area contributed by atoms with Gasteiger partial charge in [0.05, 0.1) is 19.9 Å². The molecule has 18 heavy (non-hydrogen) atoms. The van der Waals surface area contributed by atoms with Crippen molar-refractivity contribution in [2.75, 3.05) is 20.0 Å². The summed E-state index contributed by atoms with van der Waals surface area (Å²) in [6.45, 7) is 1.93. The normalized spacial score (nSPS) is 10.2. The number of aryl methyl sites for hydroxylation is 1. The van der Waals surface area contributed by atoms with Crippen LogP contribution in [-0.2, 0) is 0 Å². The Balaban J connectivity index is 2.59. The lowest BCUT2D eigenvalue weighted by Crippen LogP contribution is -1.99. The zero-order valence-electron chi connectivity index (χ0n) is 10.6. The van der Waals surface area contributed by atoms with E-state index in [2.05, 4.69) is 9.97 Å². The van der Waals surface area contributed by atoms with Gasteiger partial charge in [0.1, 0.15) is 11.5 Å². The van der Waals surface area contributed by atoms with Gasteiger partial charge >= 0.3 is 0 Å². The molecule has 0 aliphatic rings. The number of hydrogen-bond donors (Lipinski definition) is 1. The molecule has 0 aliphatic carbocycles. The van der Waals surface area contributed by atoms with Gasteiger partial charge in [0, 0.05) is 17.8 Å². The van der Waals surface area contributed by atoms with E-state index in [0.29, 0.717) is 5.75 Å². The second-order valence-corrected chi connectivity index (χ2v) is 3.83. The predicted octanol–water partition coefficient (Wildman–Crippen LogP) is 2.05. The fourth-order valence-electron chi connectivity index (χ4n) is 1.72. The molecule has 2 rings (SSSR count). The molecule has 1 aromatic carbocycles. The molecule has 1 heterocycles. The Bertz CT molecular complexity index is 570. The number of hydrogen-bond acceptors (Lipinski definition) is 5. The molecule has 5 heteroatoms. The zero-order valence-corrected chi connectivity index (χ0v) is 10.6. The van der Waals surface area contributed by atoms with E-state index >= 15 is 0 Å². The Morgan fingerprint density at radius 1 is 1.17 bits per heavy atom. The number of benzene rings is 1. The van der Waals surface area contributed by atoms with Gasteiger partial charge in [-0.3, -0.25) is 0 Å². The summed E-state index contributed by atoms with van der Waals surface area (Å²) in [5, 5.41) is 0. The highest BCUT2D eigenvalue weighted by atomic mass is 16.5. The minimum Gasteiger partial charge on any atom is -0.497 e. The summed E-state index contributed by atoms with van der Waals surface area (Å²) < 4.78 is 10.5. The van der Waals surface area contributed by atoms with Gasteiger partial charge in [-0.15, -0.1) is 0 Å². The summed E-state index contributed by atoms with van der Waals surface area (Å²) in [5.41, 5.74) is 8.19. The lowest BCUT2D eigenvalue weighted by molar-refractivity contribution is 0.395. The van der Waals surface area contributed by atoms with Crippen molar-refractivity contribution in [1.29, 1.82) is 0 Å². The Hall–Kier alpha value is -2.30. The fourth-order valence-corrected chi connectivity index (χ4v) is 1.72. The Morgan fingerprint density at radius 2 is 1.94 bits per heavy atom. The first-order valence-electron chi connectivity index (χ1n) is 5.47. The molecule has 0 saturated heterocycles. The van der Waals surface area contributed by atoms with Crippen molar-refractivity contribution in [3.63, 3.8) is 0 Å². The van der Waals surface area contributed by atoms with Crippen molar-refractivity contribution in [3.8, 4) is 22.8 Å². The summed E-state index contributed by atoms with van der Waals surface area (Å²) in [6, 6.07) is 5.56. The molecule has 94 valence electrons. The average Bonchev–Trinajstić information content (AvgIpc) is 2.41. The topological polar surface area (TPSA) is 70.3 Å². The summed E-state index contributed by atoms with van der Waals surface area (Å²) in [5.74, 6) is 1.67. The molecule has 0 bridgehead atoms. The SMILES string of the molecule is COc1ccc(-c2nc(N)ncc2C)c(OC)c1. The lowest BCUT2D eigenvalue weighted by atomic mass is 10.1. The molecule has 0 atom stereocenters. The van der Waals surface area contributed by atoms with Gasteiger partial charge in [-0.1, -0.05) is 0 Å². The number of anilines is 1. The summed E-state index contributed by atoms with van der Waals surface area (Å²) in [4.78, 5) is 8.21. The van der Waals surface area contributed by atoms with Crippen molar-refractivity contribution < 1.29 is 9.47 Å². The van der Waals surface area contributed by atoms with Crippen LogP contribution in [0.25, 0.3) is 11.3 Å². The molecule has 0 fully saturated rings. The maximum atomic E-state index is 5.62. The third-order valence-electron chi connectivity index (χ3n) is 2.65. The summed E-state index contributed by atoms with van der Waals surface area (Å²) in [7, 11) is 3.22. The second kappa shape index (κ2) is 4.91. The fraction of sp³-hybridized carbons (Fsp3) is 0.231. The van der Waals surface area contributed by atoms with Crippen molar-refractivity contribution in [1.82, 2.24) is 9.97 Å². The number of methoxy groups -OCH3 is 2.